The van der Waals surface area contributed by atoms with Crippen molar-refractivity contribution in [3.05, 3.63) is 35.9 Å². The molecule has 0 radical (unpaired) electrons. The van der Waals surface area contributed by atoms with Crippen LogP contribution in [0, 0.1) is 16.7 Å². The zero-order valence-electron chi connectivity index (χ0n) is 21.8. The minimum Gasteiger partial charge on any atom is -0.351 e. The minimum absolute atomic E-state index is 0.277. The van der Waals surface area contributed by atoms with Gasteiger partial charge in [-0.2, -0.15) is 5.26 Å². The molecule has 2 amide bonds. The van der Waals surface area contributed by atoms with Crippen LogP contribution < -0.4 is 10.6 Å². The van der Waals surface area contributed by atoms with E-state index in [-0.39, 0.29) is 5.41 Å². The van der Waals surface area contributed by atoms with Crippen LogP contribution in [0.5, 0.6) is 0 Å². The van der Waals surface area contributed by atoms with E-state index in [4.69, 9.17) is 4.84 Å². The second-order valence-electron chi connectivity index (χ2n) is 11.7. The normalized spacial score (nSPS) is 23.7. The van der Waals surface area contributed by atoms with Gasteiger partial charge in [-0.3, -0.25) is 4.79 Å². The Bertz CT molecular complexity index is 1040. The molecule has 5 rings (SSSR count). The molecule has 10 heteroatoms. The molecule has 0 aromatic heterocycles. The highest BCUT2D eigenvalue weighted by Crippen LogP contribution is 2.43. The summed E-state index contributed by atoms with van der Waals surface area (Å²) in [6.45, 7) is 3.42. The van der Waals surface area contributed by atoms with Gasteiger partial charge in [0.1, 0.15) is 11.6 Å². The van der Waals surface area contributed by atoms with Gasteiger partial charge in [0, 0.05) is 32.0 Å². The number of alkyl halides is 2. The summed E-state index contributed by atoms with van der Waals surface area (Å²) in [6.07, 6.45) is 5.31. The maximum Gasteiger partial charge on any atom is 0.426 e. The number of piperidine rings is 2. The summed E-state index contributed by atoms with van der Waals surface area (Å²) in [4.78, 5) is 33.7. The van der Waals surface area contributed by atoms with Gasteiger partial charge in [0.25, 0.3) is 5.92 Å². The van der Waals surface area contributed by atoms with Crippen molar-refractivity contribution >= 4 is 12.0 Å². The number of amides is 2. The van der Waals surface area contributed by atoms with E-state index in [0.717, 1.165) is 44.8 Å². The number of nitrogens with one attached hydrogen (secondary N) is 2. The van der Waals surface area contributed by atoms with Crippen LogP contribution in [0.2, 0.25) is 0 Å². The first kappa shape index (κ1) is 26.8. The molecule has 2 aliphatic heterocycles. The van der Waals surface area contributed by atoms with Crippen molar-refractivity contribution in [2.75, 3.05) is 26.2 Å². The second-order valence-corrected chi connectivity index (χ2v) is 11.7. The number of likely N-dealkylation sites (tertiary alicyclic amines) is 1. The molecule has 206 valence electrons. The van der Waals surface area contributed by atoms with E-state index in [1.54, 1.807) is 35.4 Å². The van der Waals surface area contributed by atoms with Crippen LogP contribution in [0.25, 0.3) is 0 Å². The van der Waals surface area contributed by atoms with Gasteiger partial charge in [0.05, 0.1) is 6.07 Å². The number of nitrogens with zero attached hydrogens (tertiary/aromatic N) is 3. The first-order valence-electron chi connectivity index (χ1n) is 13.8. The molecule has 4 fully saturated rings. The Labute approximate surface area is 222 Å². The maximum atomic E-state index is 15.0. The van der Waals surface area contributed by atoms with Crippen LogP contribution in [0.15, 0.2) is 30.3 Å². The summed E-state index contributed by atoms with van der Waals surface area (Å²) in [5, 5.41) is 15.8. The van der Waals surface area contributed by atoms with Crippen molar-refractivity contribution in [2.45, 2.75) is 87.8 Å². The number of nitriles is 1. The van der Waals surface area contributed by atoms with Crippen LogP contribution >= 0.6 is 0 Å². The molecule has 38 heavy (non-hydrogen) atoms. The monoisotopic (exact) mass is 529 g/mol. The fraction of sp³-hybridized carbons (Fsp3) is 0.679. The van der Waals surface area contributed by atoms with Gasteiger partial charge in [-0.1, -0.05) is 30.3 Å². The lowest BCUT2D eigenvalue weighted by molar-refractivity contribution is -0.141. The zero-order valence-corrected chi connectivity index (χ0v) is 21.8. The predicted octanol–water partition coefficient (Wildman–Crippen LogP) is 3.78. The Hall–Kier alpha value is -2.77. The van der Waals surface area contributed by atoms with Crippen molar-refractivity contribution in [1.29, 1.82) is 5.26 Å². The van der Waals surface area contributed by atoms with Crippen molar-refractivity contribution in [1.82, 2.24) is 20.6 Å². The maximum absolute atomic E-state index is 15.0. The van der Waals surface area contributed by atoms with E-state index < -0.39 is 42.3 Å². The summed E-state index contributed by atoms with van der Waals surface area (Å²) in [6, 6.07) is 9.56. The first-order chi connectivity index (χ1) is 18.2. The van der Waals surface area contributed by atoms with Gasteiger partial charge in [0.15, 0.2) is 0 Å². The summed E-state index contributed by atoms with van der Waals surface area (Å²) in [7, 11) is 0. The number of rotatable bonds is 9. The Morgan fingerprint density at radius 1 is 1.05 bits per heavy atom. The van der Waals surface area contributed by atoms with E-state index in [1.807, 2.05) is 6.07 Å². The molecule has 2 heterocycles. The van der Waals surface area contributed by atoms with E-state index in [0.29, 0.717) is 31.5 Å². The van der Waals surface area contributed by atoms with Crippen LogP contribution in [0.1, 0.15) is 63.4 Å². The molecule has 2 N–H and O–H groups in total. The fourth-order valence-electron chi connectivity index (χ4n) is 5.83. The van der Waals surface area contributed by atoms with E-state index in [9.17, 15) is 23.6 Å². The lowest BCUT2D eigenvalue weighted by atomic mass is 9.71. The smallest absolute Gasteiger partial charge is 0.351 e. The van der Waals surface area contributed by atoms with Gasteiger partial charge >= 0.3 is 6.09 Å². The molecule has 8 nitrogen and oxygen atoms in total. The third kappa shape index (κ3) is 6.80. The van der Waals surface area contributed by atoms with Gasteiger partial charge in [-0.25, -0.2) is 13.6 Å². The molecule has 2 saturated carbocycles. The Balaban J connectivity index is 1.15. The number of hydrogen-bond acceptors (Lipinski definition) is 6. The summed E-state index contributed by atoms with van der Waals surface area (Å²) in [5.41, 5.74) is -0.328. The quantitative estimate of drug-likeness (QED) is 0.506. The van der Waals surface area contributed by atoms with Gasteiger partial charge in [-0.05, 0) is 75.4 Å². The number of carbonyl (C=O) groups excluding carboxylic acids is 2. The number of hydrogen-bond donors (Lipinski definition) is 2. The molecule has 2 aliphatic carbocycles. The predicted molar refractivity (Wildman–Crippen MR) is 136 cm³/mol. The van der Waals surface area contributed by atoms with E-state index in [2.05, 4.69) is 15.5 Å². The third-order valence-corrected chi connectivity index (χ3v) is 8.66. The van der Waals surface area contributed by atoms with E-state index in [1.165, 1.54) is 12.8 Å². The van der Waals surface area contributed by atoms with Crippen molar-refractivity contribution in [2.24, 2.45) is 5.41 Å². The molecule has 1 spiro atoms. The minimum atomic E-state index is -3.26. The molecule has 1 aromatic rings. The van der Waals surface area contributed by atoms with Crippen molar-refractivity contribution in [3.63, 3.8) is 0 Å². The number of carbonyl (C=O) groups is 2. The van der Waals surface area contributed by atoms with Gasteiger partial charge < -0.3 is 20.4 Å². The van der Waals surface area contributed by atoms with Crippen molar-refractivity contribution < 1.29 is 23.2 Å². The Kier molecular flexibility index (Phi) is 7.60. The molecule has 0 unspecified atom stereocenters. The molecular weight excluding hydrogens is 492 g/mol. The Morgan fingerprint density at radius 2 is 1.68 bits per heavy atom. The average Bonchev–Trinajstić information content (AvgIpc) is 3.82. The highest BCUT2D eigenvalue weighted by Gasteiger charge is 2.47. The standard InChI is InChI=1S/C28H37F2N5O3/c29-28(30,18-21-4-2-1-3-5-21)19-23(24(36)33-27(20-31)8-9-27)32-25(37)38-35-16-12-26(13-17-35)10-14-34(15-11-26)22-6-7-22/h1-5,22-23H,6-19H2,(H,32,37)(H,33,36)/t23-/m0/s1. The zero-order chi connectivity index (χ0) is 26.8. The lowest BCUT2D eigenvalue weighted by Crippen LogP contribution is -2.54. The fourth-order valence-corrected chi connectivity index (χ4v) is 5.83. The van der Waals surface area contributed by atoms with E-state index >= 15 is 0 Å². The van der Waals surface area contributed by atoms with Crippen LogP contribution in [0.3, 0.4) is 0 Å². The highest BCUT2D eigenvalue weighted by molar-refractivity contribution is 5.86. The largest absolute Gasteiger partial charge is 0.426 e. The number of hydroxylamine groups is 2. The van der Waals surface area contributed by atoms with Gasteiger partial charge in [0.2, 0.25) is 5.91 Å². The highest BCUT2D eigenvalue weighted by atomic mass is 19.3. The third-order valence-electron chi connectivity index (χ3n) is 8.66. The average molecular weight is 530 g/mol. The number of halogens is 2. The number of benzene rings is 1. The second kappa shape index (κ2) is 10.8. The molecule has 1 atom stereocenters. The first-order valence-corrected chi connectivity index (χ1v) is 13.8. The molecule has 2 saturated heterocycles. The SMILES string of the molecule is N#CC1(NC(=O)[C@H](CC(F)(F)Cc2ccccc2)NC(=O)ON2CCC3(CC2)CCN(C2CC2)CC3)CC1. The van der Waals surface area contributed by atoms with Gasteiger partial charge in [-0.15, -0.1) is 5.06 Å². The molecule has 4 aliphatic rings. The topological polar surface area (TPSA) is 97.7 Å². The van der Waals surface area contributed by atoms with Crippen molar-refractivity contribution in [3.8, 4) is 6.07 Å². The summed E-state index contributed by atoms with van der Waals surface area (Å²) >= 11 is 0. The summed E-state index contributed by atoms with van der Waals surface area (Å²) in [5.74, 6) is -4.05. The lowest BCUT2D eigenvalue weighted by Gasteiger charge is -2.46. The molecule has 0 bridgehead atoms. The van der Waals surface area contributed by atoms with Crippen LogP contribution in [-0.4, -0.2) is 71.7 Å². The van der Waals surface area contributed by atoms with Crippen LogP contribution in [0.4, 0.5) is 13.6 Å². The summed E-state index contributed by atoms with van der Waals surface area (Å²) < 4.78 is 30.0. The molecular formula is C28H37F2N5O3. The van der Waals surface area contributed by atoms with Crippen LogP contribution in [-0.2, 0) is 16.1 Å². The molecule has 1 aromatic carbocycles. The Morgan fingerprint density at radius 3 is 2.26 bits per heavy atom.